The van der Waals surface area contributed by atoms with Gasteiger partial charge in [0, 0.05) is 53.1 Å². The van der Waals surface area contributed by atoms with Crippen molar-refractivity contribution in [3.05, 3.63) is 217 Å². The van der Waals surface area contributed by atoms with Crippen LogP contribution in [0.15, 0.2) is 200 Å². The van der Waals surface area contributed by atoms with E-state index in [9.17, 15) is 5.11 Å². The molecule has 0 aliphatic carbocycles. The Balaban J connectivity index is 1.35. The Morgan fingerprint density at radius 2 is 0.986 bits per heavy atom. The molecule has 2 aromatic heterocycles. The summed E-state index contributed by atoms with van der Waals surface area (Å²) in [5, 5.41) is 13.2. The average molecular weight is 930 g/mol. The van der Waals surface area contributed by atoms with Crippen LogP contribution < -0.4 is 0 Å². The molecular formula is C66H61N3O. The first kappa shape index (κ1) is 29.3. The first-order valence-corrected chi connectivity index (χ1v) is 22.9. The van der Waals surface area contributed by atoms with Gasteiger partial charge in [0.1, 0.15) is 11.6 Å². The zero-order valence-corrected chi connectivity index (χ0v) is 38.8. The van der Waals surface area contributed by atoms with Gasteiger partial charge in [0.05, 0.1) is 28.0 Å². The normalized spacial score (nSPS) is 17.0. The summed E-state index contributed by atoms with van der Waals surface area (Å²) in [6.45, 7) is -18.5. The second-order valence-corrected chi connectivity index (χ2v) is 18.8. The molecule has 1 N–H and O–H groups in total. The zero-order valence-electron chi connectivity index (χ0n) is 56.8. The molecule has 0 aliphatic rings. The molecule has 0 spiro atoms. The Kier molecular flexibility index (Phi) is 7.49. The molecule has 0 unspecified atom stereocenters. The zero-order chi connectivity index (χ0) is 64.0. The highest BCUT2D eigenvalue weighted by Gasteiger charge is 2.30. The summed E-state index contributed by atoms with van der Waals surface area (Å²) in [6, 6.07) is 58.4. The van der Waals surface area contributed by atoms with Gasteiger partial charge in [-0.25, -0.2) is 4.98 Å². The van der Waals surface area contributed by atoms with Crippen LogP contribution in [0.4, 0.5) is 0 Å². The van der Waals surface area contributed by atoms with E-state index in [2.05, 4.69) is 32.9 Å². The van der Waals surface area contributed by atoms with E-state index in [0.29, 0.717) is 45.3 Å². The molecule has 0 amide bonds. The number of para-hydroxylation sites is 1. The van der Waals surface area contributed by atoms with Gasteiger partial charge in [0.2, 0.25) is 0 Å². The topological polar surface area (TPSA) is 50.9 Å². The number of benzene rings is 8. The number of aromatic nitrogens is 3. The van der Waals surface area contributed by atoms with E-state index in [0.717, 1.165) is 45.0 Å². The van der Waals surface area contributed by atoms with Gasteiger partial charge in [-0.1, -0.05) is 207 Å². The van der Waals surface area contributed by atoms with Gasteiger partial charge in [-0.05, 0) is 120 Å². The van der Waals surface area contributed by atoms with E-state index < -0.39 is 85.6 Å². The molecule has 10 rings (SSSR count). The third-order valence-electron chi connectivity index (χ3n) is 12.8. The fourth-order valence-corrected chi connectivity index (χ4v) is 9.07. The highest BCUT2D eigenvalue weighted by molar-refractivity contribution is 5.98. The Morgan fingerprint density at radius 1 is 0.429 bits per heavy atom. The molecule has 2 heterocycles. The molecule has 0 aliphatic heterocycles. The molecule has 8 aromatic carbocycles. The summed E-state index contributed by atoms with van der Waals surface area (Å²) in [4.78, 5) is 10.1. The predicted octanol–water partition coefficient (Wildman–Crippen LogP) is 17.7. The number of imidazole rings is 1. The second-order valence-electron chi connectivity index (χ2n) is 18.8. The van der Waals surface area contributed by atoms with Crippen LogP contribution in [-0.4, -0.2) is 19.6 Å². The minimum Gasteiger partial charge on any atom is -0.507 e. The fraction of sp³-hybridized carbons (Fsp3) is 0.182. The van der Waals surface area contributed by atoms with E-state index in [1.165, 1.54) is 4.57 Å². The number of phenolic OH excluding ortho intramolecular Hbond substituents is 1. The smallest absolute Gasteiger partial charge is 0.149 e. The minimum atomic E-state index is -4.15. The van der Waals surface area contributed by atoms with Gasteiger partial charge in [0.15, 0.2) is 0 Å². The lowest BCUT2D eigenvalue weighted by atomic mass is 9.79. The minimum absolute atomic E-state index is 0.176. The molecule has 0 saturated heterocycles. The molecule has 4 nitrogen and oxygen atoms in total. The average Bonchev–Trinajstić information content (AvgIpc) is 0.800. The second kappa shape index (κ2) is 17.9. The highest BCUT2D eigenvalue weighted by atomic mass is 16.3. The summed E-state index contributed by atoms with van der Waals surface area (Å²) in [5.74, 6) is -1.78. The van der Waals surface area contributed by atoms with E-state index in [4.69, 9.17) is 34.6 Å². The molecule has 0 atom stereocenters. The SMILES string of the molecule is [2H]C([2H])([2H])C(c1cc(-c2nc3c(-c4cc(-c5cc(-c6ccc(-c7ccccc7)cc6)ccn5)cc(C(C)(C)C)c4)cccc3n2-c2ccc(-c3ccccc3)cc2-c2ccccc2)c(O)c(C(C([2H])([2H])[2H])(C([2H])([2H])[2H])C([2H])([2H])[2H])c1)(C([2H])([2H])[2H])C([2H])([2H])[2H]. The van der Waals surface area contributed by atoms with Crippen LogP contribution in [0.5, 0.6) is 5.75 Å². The van der Waals surface area contributed by atoms with E-state index in [1.54, 1.807) is 30.5 Å². The fourth-order valence-electron chi connectivity index (χ4n) is 9.07. The number of pyridine rings is 1. The first-order valence-electron chi connectivity index (χ1n) is 31.9. The Labute approximate surface area is 439 Å². The molecule has 0 saturated carbocycles. The first-order chi connectivity index (χ1) is 41.0. The van der Waals surface area contributed by atoms with Crippen molar-refractivity contribution in [1.82, 2.24) is 14.5 Å². The Hall–Kier alpha value is -7.82. The van der Waals surface area contributed by atoms with Gasteiger partial charge in [-0.15, -0.1) is 0 Å². The largest absolute Gasteiger partial charge is 0.507 e. The monoisotopic (exact) mass is 930 g/mol. The van der Waals surface area contributed by atoms with Crippen molar-refractivity contribution in [2.75, 3.05) is 0 Å². The molecule has 0 bridgehead atoms. The summed E-state index contributed by atoms with van der Waals surface area (Å²) >= 11 is 0. The van der Waals surface area contributed by atoms with Gasteiger partial charge in [0.25, 0.3) is 0 Å². The van der Waals surface area contributed by atoms with Crippen molar-refractivity contribution >= 4 is 11.0 Å². The van der Waals surface area contributed by atoms with Gasteiger partial charge in [-0.3, -0.25) is 9.55 Å². The van der Waals surface area contributed by atoms with Crippen molar-refractivity contribution in [1.29, 1.82) is 0 Å². The third-order valence-corrected chi connectivity index (χ3v) is 12.8. The number of phenols is 1. The van der Waals surface area contributed by atoms with E-state index >= 15 is 0 Å². The maximum absolute atomic E-state index is 13.2. The van der Waals surface area contributed by atoms with Crippen molar-refractivity contribution in [2.45, 2.75) is 78.1 Å². The number of hydrogen-bond acceptors (Lipinski definition) is 3. The maximum atomic E-state index is 13.2. The van der Waals surface area contributed by atoms with Crippen LogP contribution >= 0.6 is 0 Å². The van der Waals surface area contributed by atoms with Crippen LogP contribution in [-0.2, 0) is 16.2 Å². The van der Waals surface area contributed by atoms with E-state index in [1.807, 2.05) is 146 Å². The van der Waals surface area contributed by atoms with Crippen molar-refractivity contribution in [3.8, 4) is 89.7 Å². The van der Waals surface area contributed by atoms with Crippen LogP contribution in [0.1, 0.15) is 103 Å². The summed E-state index contributed by atoms with van der Waals surface area (Å²) in [7, 11) is 0. The predicted molar refractivity (Wildman–Crippen MR) is 295 cm³/mol. The number of rotatable bonds is 8. The summed E-state index contributed by atoms with van der Waals surface area (Å²) < 4.78 is 161. The molecule has 346 valence electrons. The number of aromatic hydroxyl groups is 1. The summed E-state index contributed by atoms with van der Waals surface area (Å²) in [6.07, 6.45) is 1.73. The van der Waals surface area contributed by atoms with E-state index in [-0.39, 0.29) is 11.0 Å². The van der Waals surface area contributed by atoms with Crippen LogP contribution in [0.2, 0.25) is 0 Å². The van der Waals surface area contributed by atoms with Crippen LogP contribution in [0, 0.1) is 0 Å². The highest BCUT2D eigenvalue weighted by Crippen LogP contribution is 2.46. The van der Waals surface area contributed by atoms with Crippen LogP contribution in [0.3, 0.4) is 0 Å². The van der Waals surface area contributed by atoms with Crippen LogP contribution in [0.25, 0.3) is 95.0 Å². The Morgan fingerprint density at radius 3 is 1.63 bits per heavy atom. The maximum Gasteiger partial charge on any atom is 0.149 e. The Bertz CT molecular complexity index is 4140. The van der Waals surface area contributed by atoms with Crippen molar-refractivity contribution in [2.24, 2.45) is 0 Å². The van der Waals surface area contributed by atoms with Crippen molar-refractivity contribution < 1.29 is 29.8 Å². The molecule has 0 fully saturated rings. The quantitative estimate of drug-likeness (QED) is 0.165. The van der Waals surface area contributed by atoms with Gasteiger partial charge in [-0.2, -0.15) is 0 Å². The summed E-state index contributed by atoms with van der Waals surface area (Å²) in [5.41, 5.74) is -1.44. The number of fused-ring (bicyclic) bond motifs is 1. The molecule has 0 radical (unpaired) electrons. The lowest BCUT2D eigenvalue weighted by molar-refractivity contribution is 0.446. The van der Waals surface area contributed by atoms with Gasteiger partial charge < -0.3 is 5.11 Å². The third kappa shape index (κ3) is 8.98. The van der Waals surface area contributed by atoms with Crippen molar-refractivity contribution in [3.63, 3.8) is 0 Å². The number of nitrogens with zero attached hydrogens (tertiary/aromatic N) is 3. The molecular weight excluding hydrogens is 851 g/mol. The number of hydrogen-bond donors (Lipinski definition) is 1. The molecule has 70 heavy (non-hydrogen) atoms. The standard InChI is InChI=1S/C66H61N3O/c1-64(2,3)52-37-50(36-51(38-52)58-40-49(34-35-67-58)46-30-28-45(29-31-46)43-20-13-10-14-21-43)54-26-19-27-60-61(54)68-63(56-41-53(65(4,5)6)42-57(62(56)70)66(7,8)9)69(60)59-33-32-48(44-22-15-11-16-23-44)39-55(59)47-24-17-12-18-25-47/h10-42,70H,1-9H3/i4D3,5D3,6D3,7D3,8D3,9D3. The molecule has 10 aromatic rings. The molecule has 4 heteroatoms. The lowest BCUT2D eigenvalue weighted by Gasteiger charge is -2.27. The van der Waals surface area contributed by atoms with Gasteiger partial charge >= 0.3 is 0 Å². The lowest BCUT2D eigenvalue weighted by Crippen LogP contribution is -2.17.